The first-order valence-electron chi connectivity index (χ1n) is 12.2. The van der Waals surface area contributed by atoms with Gasteiger partial charge in [0.05, 0.1) is 11.1 Å². The number of phenols is 1. The standard InChI is InChI=1S/C29H29N5O3/c1-19(2)16-34-26-24(28(36)32(3)29(34)37)18-33(27(26)31-22-11-13-23(35)14-12-22)17-20-7-9-21(10-8-20)25-6-4-5-15-30-25/h4-15,18-19,31,35H,16-17H2,1-3H3. The van der Waals surface area contributed by atoms with Gasteiger partial charge in [-0.2, -0.15) is 0 Å². The van der Waals surface area contributed by atoms with E-state index in [0.717, 1.165) is 22.5 Å². The maximum Gasteiger partial charge on any atom is 0.331 e. The predicted molar refractivity (Wildman–Crippen MR) is 146 cm³/mol. The van der Waals surface area contributed by atoms with E-state index in [-0.39, 0.29) is 22.9 Å². The number of nitrogens with one attached hydrogen (secondary N) is 1. The molecule has 0 aliphatic rings. The maximum atomic E-state index is 13.2. The molecule has 8 nitrogen and oxygen atoms in total. The summed E-state index contributed by atoms with van der Waals surface area (Å²) in [7, 11) is 1.52. The fourth-order valence-corrected chi connectivity index (χ4v) is 4.50. The first-order chi connectivity index (χ1) is 17.8. The van der Waals surface area contributed by atoms with Crippen LogP contribution >= 0.6 is 0 Å². The summed E-state index contributed by atoms with van der Waals surface area (Å²) in [6.45, 7) is 5.03. The van der Waals surface area contributed by atoms with E-state index >= 15 is 0 Å². The zero-order valence-electron chi connectivity index (χ0n) is 21.0. The Morgan fingerprint density at radius 1 is 0.973 bits per heavy atom. The molecule has 2 aromatic carbocycles. The molecular formula is C29H29N5O3. The van der Waals surface area contributed by atoms with Crippen LogP contribution in [0.1, 0.15) is 19.4 Å². The Kier molecular flexibility index (Phi) is 6.40. The number of nitrogens with zero attached hydrogens (tertiary/aromatic N) is 4. The van der Waals surface area contributed by atoms with E-state index < -0.39 is 0 Å². The summed E-state index contributed by atoms with van der Waals surface area (Å²) in [5.41, 5.74) is 3.56. The van der Waals surface area contributed by atoms with E-state index in [1.54, 1.807) is 35.0 Å². The summed E-state index contributed by atoms with van der Waals surface area (Å²) in [5, 5.41) is 13.6. The van der Waals surface area contributed by atoms with Crippen molar-refractivity contribution in [1.82, 2.24) is 18.7 Å². The fraction of sp³-hybridized carbons (Fsp3) is 0.207. The molecule has 0 saturated carbocycles. The first kappa shape index (κ1) is 24.1. The predicted octanol–water partition coefficient (Wildman–Crippen LogP) is 4.72. The van der Waals surface area contributed by atoms with Crippen LogP contribution < -0.4 is 16.6 Å². The van der Waals surface area contributed by atoms with Gasteiger partial charge in [-0.15, -0.1) is 0 Å². The van der Waals surface area contributed by atoms with Crippen molar-refractivity contribution in [2.45, 2.75) is 26.9 Å². The molecule has 0 unspecified atom stereocenters. The number of anilines is 2. The van der Waals surface area contributed by atoms with Crippen LogP contribution in [0.2, 0.25) is 0 Å². The maximum absolute atomic E-state index is 13.2. The van der Waals surface area contributed by atoms with E-state index in [4.69, 9.17) is 0 Å². The number of pyridine rings is 1. The summed E-state index contributed by atoms with van der Waals surface area (Å²) in [6.07, 6.45) is 3.58. The Morgan fingerprint density at radius 3 is 2.35 bits per heavy atom. The van der Waals surface area contributed by atoms with Crippen LogP contribution in [0, 0.1) is 5.92 Å². The van der Waals surface area contributed by atoms with Crippen LogP contribution in [-0.4, -0.2) is 23.8 Å². The van der Waals surface area contributed by atoms with Gasteiger partial charge in [0.1, 0.15) is 17.1 Å². The normalized spacial score (nSPS) is 11.4. The largest absolute Gasteiger partial charge is 0.508 e. The lowest BCUT2D eigenvalue weighted by molar-refractivity contribution is 0.475. The van der Waals surface area contributed by atoms with Gasteiger partial charge >= 0.3 is 5.69 Å². The van der Waals surface area contributed by atoms with Crippen molar-refractivity contribution in [3.63, 3.8) is 0 Å². The molecule has 5 aromatic rings. The molecule has 0 radical (unpaired) electrons. The first-order valence-corrected chi connectivity index (χ1v) is 12.2. The summed E-state index contributed by atoms with van der Waals surface area (Å²) in [6, 6.07) is 20.7. The van der Waals surface area contributed by atoms with Gasteiger partial charge in [-0.1, -0.05) is 44.2 Å². The van der Waals surface area contributed by atoms with Crippen molar-refractivity contribution in [3.8, 4) is 17.0 Å². The molecule has 0 bridgehead atoms. The fourth-order valence-electron chi connectivity index (χ4n) is 4.50. The lowest BCUT2D eigenvalue weighted by Crippen LogP contribution is -2.38. The third-order valence-corrected chi connectivity index (χ3v) is 6.32. The molecule has 5 rings (SSSR count). The number of aromatic nitrogens is 4. The Bertz CT molecular complexity index is 1660. The van der Waals surface area contributed by atoms with Crippen LogP contribution in [-0.2, 0) is 20.1 Å². The summed E-state index contributed by atoms with van der Waals surface area (Å²) >= 11 is 0. The third kappa shape index (κ3) is 4.78. The smallest absolute Gasteiger partial charge is 0.331 e. The van der Waals surface area contributed by atoms with Crippen molar-refractivity contribution in [2.24, 2.45) is 13.0 Å². The Morgan fingerprint density at radius 2 is 1.70 bits per heavy atom. The highest BCUT2D eigenvalue weighted by molar-refractivity contribution is 5.91. The molecule has 188 valence electrons. The second-order valence-corrected chi connectivity index (χ2v) is 9.60. The number of aromatic hydroxyl groups is 1. The molecule has 0 atom stereocenters. The van der Waals surface area contributed by atoms with E-state index in [9.17, 15) is 14.7 Å². The van der Waals surface area contributed by atoms with Gasteiger partial charge in [0.15, 0.2) is 0 Å². The highest BCUT2D eigenvalue weighted by Crippen LogP contribution is 2.29. The quantitative estimate of drug-likeness (QED) is 0.319. The molecule has 0 aliphatic heterocycles. The van der Waals surface area contributed by atoms with Gasteiger partial charge in [-0.25, -0.2) is 4.79 Å². The van der Waals surface area contributed by atoms with Crippen LogP contribution in [0.25, 0.3) is 22.2 Å². The van der Waals surface area contributed by atoms with Gasteiger partial charge in [0.2, 0.25) is 0 Å². The second kappa shape index (κ2) is 9.81. The number of rotatable bonds is 7. The lowest BCUT2D eigenvalue weighted by atomic mass is 10.1. The Labute approximate surface area is 214 Å². The van der Waals surface area contributed by atoms with Crippen LogP contribution in [0.4, 0.5) is 11.5 Å². The number of hydrogen-bond acceptors (Lipinski definition) is 5. The van der Waals surface area contributed by atoms with Crippen molar-refractivity contribution >= 4 is 22.4 Å². The molecule has 0 aliphatic carbocycles. The number of fused-ring (bicyclic) bond motifs is 1. The number of hydrogen-bond donors (Lipinski definition) is 2. The molecule has 0 fully saturated rings. The molecule has 37 heavy (non-hydrogen) atoms. The minimum Gasteiger partial charge on any atom is -0.508 e. The van der Waals surface area contributed by atoms with Gasteiger partial charge in [0, 0.05) is 43.8 Å². The molecule has 2 N–H and O–H groups in total. The molecular weight excluding hydrogens is 466 g/mol. The highest BCUT2D eigenvalue weighted by Gasteiger charge is 2.20. The van der Waals surface area contributed by atoms with Gasteiger partial charge in [-0.3, -0.25) is 18.9 Å². The molecule has 3 heterocycles. The molecule has 3 aromatic heterocycles. The summed E-state index contributed by atoms with van der Waals surface area (Å²) in [4.78, 5) is 30.8. The monoisotopic (exact) mass is 495 g/mol. The highest BCUT2D eigenvalue weighted by atomic mass is 16.3. The molecule has 0 spiro atoms. The Hall–Kier alpha value is -4.59. The van der Waals surface area contributed by atoms with Crippen molar-refractivity contribution in [2.75, 3.05) is 5.32 Å². The zero-order valence-corrected chi connectivity index (χ0v) is 21.0. The lowest BCUT2D eigenvalue weighted by Gasteiger charge is -2.16. The van der Waals surface area contributed by atoms with Crippen molar-refractivity contribution < 1.29 is 5.11 Å². The van der Waals surface area contributed by atoms with Crippen LogP contribution in [0.15, 0.2) is 88.7 Å². The molecule has 8 heteroatoms. The van der Waals surface area contributed by atoms with E-state index in [2.05, 4.69) is 10.3 Å². The Balaban J connectivity index is 1.64. The number of phenolic OH excluding ortho intramolecular Hbond substituents is 1. The van der Waals surface area contributed by atoms with Gasteiger partial charge in [0.25, 0.3) is 5.56 Å². The average Bonchev–Trinajstić information content (AvgIpc) is 3.25. The van der Waals surface area contributed by atoms with Crippen molar-refractivity contribution in [1.29, 1.82) is 0 Å². The zero-order chi connectivity index (χ0) is 26.1. The SMILES string of the molecule is CC(C)Cn1c(=O)n(C)c(=O)c2cn(Cc3ccc(-c4ccccn4)cc3)c(Nc3ccc(O)cc3)c21. The minimum atomic E-state index is -0.350. The minimum absolute atomic E-state index is 0.157. The topological polar surface area (TPSA) is 94.1 Å². The van der Waals surface area contributed by atoms with E-state index in [1.165, 1.54) is 11.6 Å². The summed E-state index contributed by atoms with van der Waals surface area (Å²) in [5.74, 6) is 0.997. The average molecular weight is 496 g/mol. The van der Waals surface area contributed by atoms with E-state index in [0.29, 0.717) is 29.8 Å². The van der Waals surface area contributed by atoms with Gasteiger partial charge in [-0.05, 0) is 47.9 Å². The number of benzene rings is 2. The molecule has 0 amide bonds. The van der Waals surface area contributed by atoms with Crippen LogP contribution in [0.3, 0.4) is 0 Å². The molecule has 0 saturated heterocycles. The third-order valence-electron chi connectivity index (χ3n) is 6.32. The second-order valence-electron chi connectivity index (χ2n) is 9.60. The van der Waals surface area contributed by atoms with Gasteiger partial charge < -0.3 is 15.0 Å². The summed E-state index contributed by atoms with van der Waals surface area (Å²) < 4.78 is 4.80. The van der Waals surface area contributed by atoms with Crippen LogP contribution in [0.5, 0.6) is 5.75 Å². The van der Waals surface area contributed by atoms with Crippen molar-refractivity contribution in [3.05, 3.63) is 106 Å². The van der Waals surface area contributed by atoms with E-state index in [1.807, 2.05) is 67.1 Å².